The maximum atomic E-state index is 5.09. The molecule has 4 heterocycles. The fourth-order valence-electron chi connectivity index (χ4n) is 4.53. The second-order valence-corrected chi connectivity index (χ2v) is 8.59. The molecule has 34 heavy (non-hydrogen) atoms. The number of anilines is 2. The Balaban J connectivity index is 1.36. The van der Waals surface area contributed by atoms with E-state index < -0.39 is 0 Å². The summed E-state index contributed by atoms with van der Waals surface area (Å²) < 4.78 is 0. The Kier molecular flexibility index (Phi) is 5.27. The minimum absolute atomic E-state index is 0.649. The average Bonchev–Trinajstić information content (AvgIpc) is 3.28. The highest BCUT2D eigenvalue weighted by molar-refractivity contribution is 5.86. The van der Waals surface area contributed by atoms with Gasteiger partial charge in [-0.2, -0.15) is 5.10 Å². The van der Waals surface area contributed by atoms with Gasteiger partial charge in [-0.3, -0.25) is 10.1 Å². The summed E-state index contributed by atoms with van der Waals surface area (Å²) in [6.45, 7) is 6.33. The van der Waals surface area contributed by atoms with Crippen molar-refractivity contribution in [2.24, 2.45) is 0 Å². The molecule has 0 unspecified atom stereocenters. The number of pyridine rings is 1. The number of hydrogen-bond donors (Lipinski definition) is 3. The van der Waals surface area contributed by atoms with E-state index in [2.05, 4.69) is 55.0 Å². The first-order chi connectivity index (χ1) is 16.8. The fourth-order valence-corrected chi connectivity index (χ4v) is 4.53. The van der Waals surface area contributed by atoms with E-state index >= 15 is 0 Å². The maximum Gasteiger partial charge on any atom is 0.172 e. The summed E-state index contributed by atoms with van der Waals surface area (Å²) in [4.78, 5) is 16.7. The van der Waals surface area contributed by atoms with E-state index in [9.17, 15) is 0 Å². The molecule has 0 radical (unpaired) electrons. The van der Waals surface area contributed by atoms with E-state index in [4.69, 9.17) is 9.97 Å². The van der Waals surface area contributed by atoms with Crippen LogP contribution in [0.1, 0.15) is 11.3 Å². The lowest BCUT2D eigenvalue weighted by molar-refractivity contribution is 0.585. The van der Waals surface area contributed by atoms with Gasteiger partial charge in [-0.1, -0.05) is 24.3 Å². The number of nitrogens with zero attached hydrogens (tertiary/aromatic N) is 5. The molecule has 3 N–H and O–H groups in total. The van der Waals surface area contributed by atoms with Gasteiger partial charge >= 0.3 is 0 Å². The molecule has 1 aliphatic heterocycles. The lowest BCUT2D eigenvalue weighted by Crippen LogP contribution is -2.44. The summed E-state index contributed by atoms with van der Waals surface area (Å²) in [5.41, 5.74) is 6.08. The van der Waals surface area contributed by atoms with Crippen molar-refractivity contribution in [1.82, 2.24) is 30.5 Å². The van der Waals surface area contributed by atoms with Crippen LogP contribution in [0.4, 0.5) is 11.6 Å². The second kappa shape index (κ2) is 8.72. The molecular weight excluding hydrogens is 424 g/mol. The SMILES string of the molecule is Cc1[nH]nc2ccc(-c3cnc(NCc4ccnc5ccccc45)c(N4CCNCC4)n3)cc12. The number of piperazine rings is 1. The Hall–Kier alpha value is -4.04. The highest BCUT2D eigenvalue weighted by atomic mass is 15.3. The van der Waals surface area contributed by atoms with Crippen molar-refractivity contribution in [3.63, 3.8) is 0 Å². The molecule has 1 fully saturated rings. The number of aromatic nitrogens is 5. The Morgan fingerprint density at radius 3 is 2.76 bits per heavy atom. The van der Waals surface area contributed by atoms with E-state index in [0.29, 0.717) is 6.54 Å². The van der Waals surface area contributed by atoms with Crippen molar-refractivity contribution in [3.8, 4) is 11.3 Å². The van der Waals surface area contributed by atoms with Crippen molar-refractivity contribution in [2.75, 3.05) is 36.4 Å². The zero-order valence-corrected chi connectivity index (χ0v) is 19.0. The van der Waals surface area contributed by atoms with Crippen LogP contribution >= 0.6 is 0 Å². The van der Waals surface area contributed by atoms with Gasteiger partial charge in [-0.25, -0.2) is 9.97 Å². The Morgan fingerprint density at radius 1 is 0.971 bits per heavy atom. The molecule has 8 heteroatoms. The summed E-state index contributed by atoms with van der Waals surface area (Å²) in [5, 5.41) is 16.6. The number of fused-ring (bicyclic) bond motifs is 2. The smallest absolute Gasteiger partial charge is 0.172 e. The predicted molar refractivity (Wildman–Crippen MR) is 136 cm³/mol. The molecule has 0 atom stereocenters. The predicted octanol–water partition coefficient (Wildman–Crippen LogP) is 3.90. The molecule has 0 bridgehead atoms. The molecule has 0 spiro atoms. The summed E-state index contributed by atoms with van der Waals surface area (Å²) in [6, 6.07) is 16.5. The zero-order chi connectivity index (χ0) is 22.9. The average molecular weight is 451 g/mol. The standard InChI is InChI=1S/C26H26N8/c1-17-21-14-18(6-7-23(21)33-32-17)24-16-30-25(26(31-24)34-12-10-27-11-13-34)29-15-19-8-9-28-22-5-3-2-4-20(19)22/h2-9,14,16,27H,10-13,15H2,1H3,(H,29,30)(H,32,33). The van der Waals surface area contributed by atoms with Gasteiger partial charge in [0.25, 0.3) is 0 Å². The molecule has 0 amide bonds. The largest absolute Gasteiger partial charge is 0.363 e. The van der Waals surface area contributed by atoms with Crippen LogP contribution in [0.25, 0.3) is 33.1 Å². The van der Waals surface area contributed by atoms with Crippen LogP contribution in [0.3, 0.4) is 0 Å². The van der Waals surface area contributed by atoms with Crippen LogP contribution in [-0.2, 0) is 6.54 Å². The first-order valence-corrected chi connectivity index (χ1v) is 11.6. The van der Waals surface area contributed by atoms with Crippen LogP contribution in [-0.4, -0.2) is 51.3 Å². The molecule has 6 rings (SSSR count). The summed E-state index contributed by atoms with van der Waals surface area (Å²) in [5.74, 6) is 1.69. The maximum absolute atomic E-state index is 5.09. The van der Waals surface area contributed by atoms with E-state index in [0.717, 1.165) is 76.6 Å². The van der Waals surface area contributed by atoms with Crippen molar-refractivity contribution in [3.05, 3.63) is 72.2 Å². The van der Waals surface area contributed by atoms with E-state index in [1.807, 2.05) is 43.6 Å². The van der Waals surface area contributed by atoms with Gasteiger partial charge in [-0.05, 0) is 36.8 Å². The summed E-state index contributed by atoms with van der Waals surface area (Å²) >= 11 is 0. The van der Waals surface area contributed by atoms with Crippen molar-refractivity contribution in [1.29, 1.82) is 0 Å². The third kappa shape index (κ3) is 3.82. The van der Waals surface area contributed by atoms with Gasteiger partial charge in [0.15, 0.2) is 11.6 Å². The Labute approximate surface area is 197 Å². The molecule has 0 saturated carbocycles. The second-order valence-electron chi connectivity index (χ2n) is 8.59. The molecule has 170 valence electrons. The number of aryl methyl sites for hydroxylation is 1. The van der Waals surface area contributed by atoms with Crippen molar-refractivity contribution in [2.45, 2.75) is 13.5 Å². The zero-order valence-electron chi connectivity index (χ0n) is 19.0. The van der Waals surface area contributed by atoms with Gasteiger partial charge in [0, 0.05) is 61.0 Å². The lowest BCUT2D eigenvalue weighted by atomic mass is 10.1. The van der Waals surface area contributed by atoms with Crippen LogP contribution in [0.15, 0.2) is 60.9 Å². The normalized spacial score (nSPS) is 14.1. The quantitative estimate of drug-likeness (QED) is 0.374. The minimum Gasteiger partial charge on any atom is -0.363 e. The monoisotopic (exact) mass is 450 g/mol. The topological polar surface area (TPSA) is 94.7 Å². The van der Waals surface area contributed by atoms with Crippen LogP contribution in [0, 0.1) is 6.92 Å². The molecule has 3 aromatic heterocycles. The molecule has 0 aliphatic carbocycles. The van der Waals surface area contributed by atoms with Crippen LogP contribution in [0.2, 0.25) is 0 Å². The minimum atomic E-state index is 0.649. The molecule has 1 aliphatic rings. The van der Waals surface area contributed by atoms with E-state index in [-0.39, 0.29) is 0 Å². The van der Waals surface area contributed by atoms with Gasteiger partial charge in [0.1, 0.15) is 0 Å². The lowest BCUT2D eigenvalue weighted by Gasteiger charge is -2.30. The highest BCUT2D eigenvalue weighted by Crippen LogP contribution is 2.29. The van der Waals surface area contributed by atoms with Crippen LogP contribution in [0.5, 0.6) is 0 Å². The number of benzene rings is 2. The number of rotatable bonds is 5. The molecule has 5 aromatic rings. The van der Waals surface area contributed by atoms with Gasteiger partial charge in [0.2, 0.25) is 0 Å². The summed E-state index contributed by atoms with van der Waals surface area (Å²) in [6.07, 6.45) is 3.72. The van der Waals surface area contributed by atoms with Gasteiger partial charge < -0.3 is 15.5 Å². The van der Waals surface area contributed by atoms with E-state index in [1.165, 1.54) is 5.56 Å². The number of aromatic amines is 1. The van der Waals surface area contributed by atoms with E-state index in [1.54, 1.807) is 0 Å². The van der Waals surface area contributed by atoms with Crippen molar-refractivity contribution < 1.29 is 0 Å². The third-order valence-electron chi connectivity index (χ3n) is 6.40. The number of nitrogens with one attached hydrogen (secondary N) is 3. The van der Waals surface area contributed by atoms with Crippen molar-refractivity contribution >= 4 is 33.4 Å². The third-order valence-corrected chi connectivity index (χ3v) is 6.40. The Morgan fingerprint density at radius 2 is 1.85 bits per heavy atom. The first kappa shape index (κ1) is 20.6. The summed E-state index contributed by atoms with van der Waals surface area (Å²) in [7, 11) is 0. The number of H-pyrrole nitrogens is 1. The highest BCUT2D eigenvalue weighted by Gasteiger charge is 2.19. The molecule has 8 nitrogen and oxygen atoms in total. The number of hydrogen-bond acceptors (Lipinski definition) is 7. The van der Waals surface area contributed by atoms with Crippen LogP contribution < -0.4 is 15.5 Å². The van der Waals surface area contributed by atoms with Gasteiger partial charge in [0.05, 0.1) is 22.9 Å². The fraction of sp³-hybridized carbons (Fsp3) is 0.231. The van der Waals surface area contributed by atoms with Gasteiger partial charge in [-0.15, -0.1) is 0 Å². The first-order valence-electron chi connectivity index (χ1n) is 11.6. The molecule has 2 aromatic carbocycles. The Bertz CT molecular complexity index is 1460. The molecule has 1 saturated heterocycles. The number of para-hydroxylation sites is 1. The molecular formula is C26H26N8.